The van der Waals surface area contributed by atoms with Gasteiger partial charge in [0.05, 0.1) is 14.2 Å². The van der Waals surface area contributed by atoms with Crippen molar-refractivity contribution >= 4 is 32.3 Å². The fourth-order valence-electron chi connectivity index (χ4n) is 3.59. The fraction of sp³-hybridized carbons (Fsp3) is 0.0952. The molecule has 0 fully saturated rings. The molecule has 5 aromatic rings. The van der Waals surface area contributed by atoms with Gasteiger partial charge < -0.3 is 9.47 Å². The maximum absolute atomic E-state index is 5.22. The summed E-state index contributed by atoms with van der Waals surface area (Å²) in [6.07, 6.45) is 0. The molecule has 5 heteroatoms. The molecule has 0 atom stereocenters. The summed E-state index contributed by atoms with van der Waals surface area (Å²) in [5.41, 5.74) is 0.931. The summed E-state index contributed by atoms with van der Waals surface area (Å²) in [6.45, 7) is 0. The van der Waals surface area contributed by atoms with Crippen LogP contribution < -0.4 is 9.47 Å². The summed E-state index contributed by atoms with van der Waals surface area (Å²) in [7, 11) is 3.06. The van der Waals surface area contributed by atoms with Crippen LogP contribution in [0.5, 0.6) is 12.0 Å². The van der Waals surface area contributed by atoms with Crippen molar-refractivity contribution in [3.8, 4) is 23.4 Å². The highest BCUT2D eigenvalue weighted by Crippen LogP contribution is 2.39. The molecule has 1 aromatic heterocycles. The van der Waals surface area contributed by atoms with Crippen LogP contribution in [0.2, 0.25) is 0 Å². The van der Waals surface area contributed by atoms with Crippen molar-refractivity contribution in [2.75, 3.05) is 14.2 Å². The first-order valence-corrected chi connectivity index (χ1v) is 8.29. The normalized spacial score (nSPS) is 11.5. The van der Waals surface area contributed by atoms with E-state index in [1.54, 1.807) is 0 Å². The second kappa shape index (κ2) is 5.52. The van der Waals surface area contributed by atoms with E-state index in [1.807, 2.05) is 0 Å². The topological polar surface area (TPSA) is 57.1 Å². The first-order valence-electron chi connectivity index (χ1n) is 8.29. The van der Waals surface area contributed by atoms with Gasteiger partial charge in [-0.15, -0.1) is 4.98 Å². The maximum Gasteiger partial charge on any atom is 0.322 e. The second-order valence-corrected chi connectivity index (χ2v) is 6.11. The Morgan fingerprint density at radius 2 is 1.27 bits per heavy atom. The predicted molar refractivity (Wildman–Crippen MR) is 102 cm³/mol. The summed E-state index contributed by atoms with van der Waals surface area (Å²) >= 11 is 0. The van der Waals surface area contributed by atoms with Crippen LogP contribution >= 0.6 is 0 Å². The van der Waals surface area contributed by atoms with Crippen molar-refractivity contribution in [2.24, 2.45) is 0 Å². The molecule has 0 N–H and O–H groups in total. The molecule has 0 saturated carbocycles. The Morgan fingerprint density at radius 3 is 1.96 bits per heavy atom. The maximum atomic E-state index is 5.22. The van der Waals surface area contributed by atoms with E-state index < -0.39 is 0 Å². The molecule has 0 bridgehead atoms. The number of rotatable bonds is 3. The van der Waals surface area contributed by atoms with Crippen molar-refractivity contribution in [3.63, 3.8) is 0 Å². The highest BCUT2D eigenvalue weighted by atomic mass is 16.5. The van der Waals surface area contributed by atoms with Gasteiger partial charge in [0.2, 0.25) is 0 Å². The number of benzene rings is 4. The predicted octanol–water partition coefficient (Wildman–Crippen LogP) is 4.45. The van der Waals surface area contributed by atoms with Gasteiger partial charge in [0.25, 0.3) is 0 Å². The van der Waals surface area contributed by atoms with Crippen LogP contribution in [0.4, 0.5) is 0 Å². The molecule has 1 heterocycles. The molecule has 0 aliphatic carbocycles. The first-order chi connectivity index (χ1) is 12.8. The molecule has 5 rings (SSSR count). The molecule has 0 saturated heterocycles. The first kappa shape index (κ1) is 14.8. The third-order valence-electron chi connectivity index (χ3n) is 4.71. The SMILES string of the molecule is COc1nc(OC)nc(-c2cc3cccc4ccc5cccc2c5c43)n1. The summed E-state index contributed by atoms with van der Waals surface area (Å²) < 4.78 is 10.4. The van der Waals surface area contributed by atoms with Gasteiger partial charge in [-0.3, -0.25) is 0 Å². The molecule has 0 amide bonds. The van der Waals surface area contributed by atoms with Crippen molar-refractivity contribution in [1.82, 2.24) is 15.0 Å². The van der Waals surface area contributed by atoms with Gasteiger partial charge in [0.15, 0.2) is 5.82 Å². The van der Waals surface area contributed by atoms with Gasteiger partial charge in [0, 0.05) is 5.56 Å². The lowest BCUT2D eigenvalue weighted by Gasteiger charge is -2.14. The molecule has 0 unspecified atom stereocenters. The van der Waals surface area contributed by atoms with Crippen LogP contribution in [-0.2, 0) is 0 Å². The van der Waals surface area contributed by atoms with E-state index in [0.29, 0.717) is 5.82 Å². The van der Waals surface area contributed by atoms with E-state index in [4.69, 9.17) is 9.47 Å². The van der Waals surface area contributed by atoms with Crippen LogP contribution in [0.3, 0.4) is 0 Å². The number of methoxy groups -OCH3 is 2. The summed E-state index contributed by atoms with van der Waals surface area (Å²) in [6, 6.07) is 19.5. The monoisotopic (exact) mass is 341 g/mol. The molecule has 126 valence electrons. The highest BCUT2D eigenvalue weighted by molar-refractivity contribution is 6.25. The van der Waals surface area contributed by atoms with Crippen LogP contribution in [0, 0.1) is 0 Å². The van der Waals surface area contributed by atoms with E-state index in [-0.39, 0.29) is 12.0 Å². The smallest absolute Gasteiger partial charge is 0.322 e. The molecule has 26 heavy (non-hydrogen) atoms. The van der Waals surface area contributed by atoms with Gasteiger partial charge in [0.1, 0.15) is 0 Å². The molecule has 4 aromatic carbocycles. The fourth-order valence-corrected chi connectivity index (χ4v) is 3.59. The van der Waals surface area contributed by atoms with E-state index in [0.717, 1.165) is 16.3 Å². The lowest BCUT2D eigenvalue weighted by atomic mass is 9.91. The van der Waals surface area contributed by atoms with E-state index in [2.05, 4.69) is 69.5 Å². The average molecular weight is 341 g/mol. The lowest BCUT2D eigenvalue weighted by molar-refractivity contribution is 0.341. The Hall–Kier alpha value is -3.47. The Balaban J connectivity index is 1.95. The number of hydrogen-bond donors (Lipinski definition) is 0. The minimum Gasteiger partial charge on any atom is -0.467 e. The van der Waals surface area contributed by atoms with Crippen LogP contribution in [0.1, 0.15) is 0 Å². The Labute approximate surface area is 149 Å². The third-order valence-corrected chi connectivity index (χ3v) is 4.71. The Morgan fingerprint density at radius 1 is 0.654 bits per heavy atom. The standard InChI is InChI=1S/C21H15N3O2/c1-25-20-22-19(23-21(24-20)26-2)16-11-14-7-3-5-12-9-10-13-6-4-8-15(16)18(13)17(12)14/h3-11H,1-2H3. The zero-order chi connectivity index (χ0) is 17.7. The largest absolute Gasteiger partial charge is 0.467 e. The average Bonchev–Trinajstić information content (AvgIpc) is 2.71. The van der Waals surface area contributed by atoms with Gasteiger partial charge in [-0.05, 0) is 38.4 Å². The van der Waals surface area contributed by atoms with Crippen molar-refractivity contribution in [3.05, 3.63) is 54.6 Å². The molecule has 0 spiro atoms. The molecular formula is C21H15N3O2. The van der Waals surface area contributed by atoms with Gasteiger partial charge in [-0.1, -0.05) is 48.5 Å². The second-order valence-electron chi connectivity index (χ2n) is 6.11. The quantitative estimate of drug-likeness (QED) is 0.454. The highest BCUT2D eigenvalue weighted by Gasteiger charge is 2.16. The van der Waals surface area contributed by atoms with Crippen molar-refractivity contribution in [2.45, 2.75) is 0 Å². The number of nitrogens with zero attached hydrogens (tertiary/aromatic N) is 3. The summed E-state index contributed by atoms with van der Waals surface area (Å²) in [5.74, 6) is 0.535. The molecule has 0 aliphatic rings. The lowest BCUT2D eigenvalue weighted by Crippen LogP contribution is -2.01. The summed E-state index contributed by atoms with van der Waals surface area (Å²) in [5, 5.41) is 7.15. The van der Waals surface area contributed by atoms with E-state index in [9.17, 15) is 0 Å². The minimum atomic E-state index is 0.233. The van der Waals surface area contributed by atoms with Crippen LogP contribution in [0.25, 0.3) is 43.7 Å². The summed E-state index contributed by atoms with van der Waals surface area (Å²) in [4.78, 5) is 13.0. The van der Waals surface area contributed by atoms with Crippen LogP contribution in [0.15, 0.2) is 54.6 Å². The Kier molecular flexibility index (Phi) is 3.15. The van der Waals surface area contributed by atoms with Gasteiger partial charge >= 0.3 is 12.0 Å². The third kappa shape index (κ3) is 2.07. The minimum absolute atomic E-state index is 0.233. The zero-order valence-electron chi connectivity index (χ0n) is 14.4. The van der Waals surface area contributed by atoms with Crippen LogP contribution in [-0.4, -0.2) is 29.2 Å². The van der Waals surface area contributed by atoms with Gasteiger partial charge in [-0.2, -0.15) is 9.97 Å². The van der Waals surface area contributed by atoms with Crippen molar-refractivity contribution in [1.29, 1.82) is 0 Å². The van der Waals surface area contributed by atoms with Gasteiger partial charge in [-0.25, -0.2) is 0 Å². The Bertz CT molecular complexity index is 1240. The number of ether oxygens (including phenoxy) is 2. The molecule has 5 nitrogen and oxygen atoms in total. The number of hydrogen-bond acceptors (Lipinski definition) is 5. The molecular weight excluding hydrogens is 326 g/mol. The number of aromatic nitrogens is 3. The molecule has 0 radical (unpaired) electrons. The van der Waals surface area contributed by atoms with E-state index >= 15 is 0 Å². The van der Waals surface area contributed by atoms with E-state index in [1.165, 1.54) is 35.8 Å². The molecule has 0 aliphatic heterocycles. The zero-order valence-corrected chi connectivity index (χ0v) is 14.4. The van der Waals surface area contributed by atoms with Crippen molar-refractivity contribution < 1.29 is 9.47 Å².